The molecule has 3 heterocycles. The van der Waals surface area contributed by atoms with Crippen molar-refractivity contribution >= 4 is 11.9 Å². The number of carboxylic acids is 1. The number of furan rings is 1. The zero-order chi connectivity index (χ0) is 22.4. The second kappa shape index (κ2) is 9.99. The van der Waals surface area contributed by atoms with E-state index in [2.05, 4.69) is 26.1 Å². The Labute approximate surface area is 177 Å². The molecule has 1 amide bonds. The Balaban J connectivity index is 0.000000339. The van der Waals surface area contributed by atoms with Gasteiger partial charge in [-0.05, 0) is 31.4 Å². The van der Waals surface area contributed by atoms with Crippen molar-refractivity contribution in [3.63, 3.8) is 0 Å². The highest BCUT2D eigenvalue weighted by molar-refractivity contribution is 5.79. The van der Waals surface area contributed by atoms with Crippen molar-refractivity contribution in [2.45, 2.75) is 51.0 Å². The van der Waals surface area contributed by atoms with Crippen LogP contribution in [0, 0.1) is 5.92 Å². The van der Waals surface area contributed by atoms with E-state index in [0.29, 0.717) is 6.04 Å². The maximum absolute atomic E-state index is 12.0. The summed E-state index contributed by atoms with van der Waals surface area (Å²) in [6, 6.07) is 4.40. The zero-order valence-corrected chi connectivity index (χ0v) is 16.8. The Morgan fingerprint density at radius 3 is 2.61 bits per heavy atom. The fourth-order valence-electron chi connectivity index (χ4n) is 3.62. The van der Waals surface area contributed by atoms with Crippen LogP contribution in [0.3, 0.4) is 0 Å². The second-order valence-electron chi connectivity index (χ2n) is 7.73. The van der Waals surface area contributed by atoms with Gasteiger partial charge < -0.3 is 14.8 Å². The summed E-state index contributed by atoms with van der Waals surface area (Å²) in [7, 11) is 0. The molecule has 0 aromatic carbocycles. The monoisotopic (exact) mass is 442 g/mol. The average molecular weight is 442 g/mol. The zero-order valence-electron chi connectivity index (χ0n) is 16.8. The van der Waals surface area contributed by atoms with Crippen LogP contribution in [0.2, 0.25) is 0 Å². The number of fused-ring (bicyclic) bond motifs is 1. The summed E-state index contributed by atoms with van der Waals surface area (Å²) in [5.41, 5.74) is 2.43. The van der Waals surface area contributed by atoms with Crippen molar-refractivity contribution in [3.8, 4) is 0 Å². The molecule has 8 nitrogen and oxygen atoms in total. The molecule has 2 aliphatic rings. The Bertz CT molecular complexity index is 862. The first-order chi connectivity index (χ1) is 14.7. The molecule has 170 valence electrons. The summed E-state index contributed by atoms with van der Waals surface area (Å²) >= 11 is 0. The van der Waals surface area contributed by atoms with Crippen molar-refractivity contribution in [3.05, 3.63) is 42.1 Å². The van der Waals surface area contributed by atoms with E-state index < -0.39 is 12.1 Å². The largest absolute Gasteiger partial charge is 0.490 e. The topological polar surface area (TPSA) is 101 Å². The molecule has 11 heteroatoms. The van der Waals surface area contributed by atoms with Gasteiger partial charge in [0.15, 0.2) is 0 Å². The van der Waals surface area contributed by atoms with Crippen LogP contribution >= 0.6 is 0 Å². The van der Waals surface area contributed by atoms with Gasteiger partial charge in [-0.15, -0.1) is 0 Å². The van der Waals surface area contributed by atoms with Crippen molar-refractivity contribution in [2.75, 3.05) is 13.1 Å². The van der Waals surface area contributed by atoms with Crippen LogP contribution in [-0.2, 0) is 22.7 Å². The van der Waals surface area contributed by atoms with Gasteiger partial charge >= 0.3 is 12.1 Å². The second-order valence-corrected chi connectivity index (χ2v) is 7.73. The van der Waals surface area contributed by atoms with E-state index in [1.165, 1.54) is 17.7 Å². The predicted molar refractivity (Wildman–Crippen MR) is 103 cm³/mol. The number of nitrogens with zero attached hydrogens (tertiary/aromatic N) is 3. The molecule has 4 rings (SSSR count). The molecule has 1 aliphatic heterocycles. The molecule has 2 aromatic rings. The number of hydrogen-bond acceptors (Lipinski definition) is 5. The summed E-state index contributed by atoms with van der Waals surface area (Å²) < 4.78 is 39.0. The first kappa shape index (κ1) is 22.9. The van der Waals surface area contributed by atoms with Crippen molar-refractivity contribution < 1.29 is 32.3 Å². The number of rotatable bonds is 6. The minimum absolute atomic E-state index is 0.230. The quantitative estimate of drug-likeness (QED) is 0.714. The number of alkyl halides is 3. The summed E-state index contributed by atoms with van der Waals surface area (Å²) in [4.78, 5) is 23.3. The van der Waals surface area contributed by atoms with E-state index in [-0.39, 0.29) is 11.8 Å². The molecule has 1 unspecified atom stereocenters. The van der Waals surface area contributed by atoms with Gasteiger partial charge in [0.2, 0.25) is 5.91 Å². The molecule has 0 bridgehead atoms. The van der Waals surface area contributed by atoms with Gasteiger partial charge in [0.1, 0.15) is 0 Å². The van der Waals surface area contributed by atoms with E-state index in [0.717, 1.165) is 45.4 Å². The highest BCUT2D eigenvalue weighted by Gasteiger charge is 2.38. The van der Waals surface area contributed by atoms with E-state index in [4.69, 9.17) is 14.3 Å². The van der Waals surface area contributed by atoms with Gasteiger partial charge in [0, 0.05) is 43.9 Å². The Morgan fingerprint density at radius 1 is 1.29 bits per heavy atom. The van der Waals surface area contributed by atoms with Gasteiger partial charge in [-0.2, -0.15) is 18.3 Å². The smallest absolute Gasteiger partial charge is 0.475 e. The number of carbonyl (C=O) groups is 2. The van der Waals surface area contributed by atoms with Crippen LogP contribution < -0.4 is 5.32 Å². The number of amides is 1. The lowest BCUT2D eigenvalue weighted by molar-refractivity contribution is -0.192. The van der Waals surface area contributed by atoms with Crippen LogP contribution in [0.15, 0.2) is 35.3 Å². The molecule has 0 spiro atoms. The third-order valence-electron chi connectivity index (χ3n) is 5.43. The van der Waals surface area contributed by atoms with Crippen LogP contribution in [0.1, 0.15) is 43.0 Å². The minimum Gasteiger partial charge on any atom is -0.475 e. The summed E-state index contributed by atoms with van der Waals surface area (Å²) in [5.74, 6) is -2.27. The first-order valence-electron chi connectivity index (χ1n) is 10.1. The normalized spacial score (nSPS) is 19.0. The molecule has 1 saturated carbocycles. The molecule has 1 aliphatic carbocycles. The Kier molecular flexibility index (Phi) is 7.37. The SMILES string of the molecule is O=C(NCCC1CN(Cc2ccoc2)Cc2ccnn21)C1CCC1.O=C(O)C(F)(F)F. The Hall–Kier alpha value is -2.82. The number of nitrogens with one attached hydrogen (secondary N) is 1. The molecular formula is C20H25F3N4O4. The Morgan fingerprint density at radius 2 is 2.03 bits per heavy atom. The van der Waals surface area contributed by atoms with Gasteiger partial charge in [-0.25, -0.2) is 4.79 Å². The van der Waals surface area contributed by atoms with E-state index in [9.17, 15) is 18.0 Å². The highest BCUT2D eigenvalue weighted by atomic mass is 19.4. The van der Waals surface area contributed by atoms with Gasteiger partial charge in [0.05, 0.1) is 24.3 Å². The minimum atomic E-state index is -5.08. The predicted octanol–water partition coefficient (Wildman–Crippen LogP) is 2.97. The molecule has 31 heavy (non-hydrogen) atoms. The lowest BCUT2D eigenvalue weighted by atomic mass is 9.85. The van der Waals surface area contributed by atoms with Crippen LogP contribution in [0.4, 0.5) is 13.2 Å². The van der Waals surface area contributed by atoms with E-state index >= 15 is 0 Å². The number of aliphatic carboxylic acids is 1. The first-order valence-corrected chi connectivity index (χ1v) is 10.1. The van der Waals surface area contributed by atoms with E-state index in [1.807, 2.05) is 12.3 Å². The number of carboxylic acid groups (broad SMARTS) is 1. The van der Waals surface area contributed by atoms with Crippen molar-refractivity contribution in [1.29, 1.82) is 0 Å². The maximum Gasteiger partial charge on any atom is 0.490 e. The summed E-state index contributed by atoms with van der Waals surface area (Å²) in [6.07, 6.45) is 4.52. The summed E-state index contributed by atoms with van der Waals surface area (Å²) in [5, 5.41) is 14.7. The number of carbonyl (C=O) groups excluding carboxylic acids is 1. The fraction of sp³-hybridized carbons (Fsp3) is 0.550. The van der Waals surface area contributed by atoms with Gasteiger partial charge in [-0.1, -0.05) is 6.42 Å². The van der Waals surface area contributed by atoms with Crippen LogP contribution in [-0.4, -0.2) is 50.9 Å². The molecule has 1 fully saturated rings. The molecule has 0 radical (unpaired) electrons. The number of halogens is 3. The molecule has 2 N–H and O–H groups in total. The third kappa shape index (κ3) is 6.33. The summed E-state index contributed by atoms with van der Waals surface area (Å²) in [6.45, 7) is 3.45. The van der Waals surface area contributed by atoms with Gasteiger partial charge in [-0.3, -0.25) is 14.4 Å². The lowest BCUT2D eigenvalue weighted by Crippen LogP contribution is -2.40. The number of aromatic nitrogens is 2. The van der Waals surface area contributed by atoms with Crippen LogP contribution in [0.25, 0.3) is 0 Å². The molecule has 2 aromatic heterocycles. The van der Waals surface area contributed by atoms with Crippen molar-refractivity contribution in [2.24, 2.45) is 5.92 Å². The third-order valence-corrected chi connectivity index (χ3v) is 5.43. The standard InChI is InChI=1S/C18H24N4O2.C2HF3O2/c23-18(15-2-1-3-15)19-7-4-16-11-21(10-14-6-9-24-13-14)12-17-5-8-20-22(16)17;3-2(4,5)1(6)7/h5-6,8-9,13,15-16H,1-4,7,10-12H2,(H,19,23);(H,6,7). The molecule has 0 saturated heterocycles. The number of hydrogen-bond donors (Lipinski definition) is 2. The maximum atomic E-state index is 12.0. The highest BCUT2D eigenvalue weighted by Crippen LogP contribution is 2.27. The van der Waals surface area contributed by atoms with Gasteiger partial charge in [0.25, 0.3) is 0 Å². The van der Waals surface area contributed by atoms with E-state index in [1.54, 1.807) is 12.5 Å². The molecular weight excluding hydrogens is 417 g/mol. The van der Waals surface area contributed by atoms with Crippen molar-refractivity contribution in [1.82, 2.24) is 20.0 Å². The molecule has 1 atom stereocenters. The average Bonchev–Trinajstić information content (AvgIpc) is 3.31. The lowest BCUT2D eigenvalue weighted by Gasteiger charge is -2.34. The fourth-order valence-corrected chi connectivity index (χ4v) is 3.62. The van der Waals surface area contributed by atoms with Crippen LogP contribution in [0.5, 0.6) is 0 Å².